The fourth-order valence-corrected chi connectivity index (χ4v) is 1.71. The molecule has 0 amide bonds. The van der Waals surface area contributed by atoms with E-state index in [1.54, 1.807) is 6.07 Å². The van der Waals surface area contributed by atoms with Crippen LogP contribution in [0.25, 0.3) is 0 Å². The van der Waals surface area contributed by atoms with Crippen LogP contribution in [0.4, 0.5) is 5.00 Å². The Kier molecular flexibility index (Phi) is 2.19. The van der Waals surface area contributed by atoms with Gasteiger partial charge in [0, 0.05) is 10.9 Å². The summed E-state index contributed by atoms with van der Waals surface area (Å²) in [6.45, 7) is 6.13. The molecule has 0 aromatic carbocycles. The summed E-state index contributed by atoms with van der Waals surface area (Å²) in [6, 6.07) is 3.38. The minimum atomic E-state index is -0.347. The van der Waals surface area contributed by atoms with Gasteiger partial charge in [0.2, 0.25) is 0 Å². The molecule has 3 nitrogen and oxygen atoms in total. The van der Waals surface area contributed by atoms with Gasteiger partial charge in [-0.3, -0.25) is 10.1 Å². The Bertz CT molecular complexity index is 298. The van der Waals surface area contributed by atoms with Crippen molar-refractivity contribution in [2.24, 2.45) is 0 Å². The molecule has 1 heterocycles. The summed E-state index contributed by atoms with van der Waals surface area (Å²) in [5, 5.41) is 10.6. The zero-order chi connectivity index (χ0) is 9.35. The Labute approximate surface area is 75.2 Å². The number of rotatable bonds is 1. The fraction of sp³-hybridized carbons (Fsp3) is 0.500. The number of nitro groups is 1. The quantitative estimate of drug-likeness (QED) is 0.498. The average Bonchev–Trinajstić information content (AvgIpc) is 2.30. The van der Waals surface area contributed by atoms with Crippen molar-refractivity contribution >= 4 is 16.3 Å². The standard InChI is InChI=1S/C8H11NO2S/c1-8(2,3)6-4-5-7(12-6)9(10)11/h4-5H,1-3H3. The van der Waals surface area contributed by atoms with Gasteiger partial charge >= 0.3 is 5.00 Å². The minimum absolute atomic E-state index is 0.0128. The number of thiophene rings is 1. The number of hydrogen-bond acceptors (Lipinski definition) is 3. The first-order chi connectivity index (χ1) is 5.41. The highest BCUT2D eigenvalue weighted by Crippen LogP contribution is 2.33. The predicted molar refractivity (Wildman–Crippen MR) is 49.7 cm³/mol. The van der Waals surface area contributed by atoms with E-state index in [1.807, 2.05) is 26.8 Å². The van der Waals surface area contributed by atoms with E-state index in [4.69, 9.17) is 0 Å². The summed E-state index contributed by atoms with van der Waals surface area (Å²) in [5.41, 5.74) is 0.0128. The van der Waals surface area contributed by atoms with Crippen LogP contribution in [0.3, 0.4) is 0 Å². The van der Waals surface area contributed by atoms with Crippen molar-refractivity contribution in [1.29, 1.82) is 0 Å². The van der Waals surface area contributed by atoms with Crippen molar-refractivity contribution in [2.75, 3.05) is 0 Å². The molecule has 0 spiro atoms. The predicted octanol–water partition coefficient (Wildman–Crippen LogP) is 2.95. The Morgan fingerprint density at radius 1 is 1.42 bits per heavy atom. The van der Waals surface area contributed by atoms with E-state index < -0.39 is 0 Å². The second-order valence-electron chi connectivity index (χ2n) is 3.64. The highest BCUT2D eigenvalue weighted by atomic mass is 32.1. The second-order valence-corrected chi connectivity index (χ2v) is 4.71. The Morgan fingerprint density at radius 2 is 2.00 bits per heavy atom. The lowest BCUT2D eigenvalue weighted by Crippen LogP contribution is -2.07. The maximum atomic E-state index is 10.4. The van der Waals surface area contributed by atoms with Crippen LogP contribution in [0.2, 0.25) is 0 Å². The van der Waals surface area contributed by atoms with E-state index in [1.165, 1.54) is 11.3 Å². The Morgan fingerprint density at radius 3 is 2.25 bits per heavy atom. The van der Waals surface area contributed by atoms with Gasteiger partial charge in [-0.1, -0.05) is 32.1 Å². The van der Waals surface area contributed by atoms with Gasteiger partial charge in [-0.15, -0.1) is 0 Å². The van der Waals surface area contributed by atoms with Crippen molar-refractivity contribution in [3.05, 3.63) is 27.1 Å². The van der Waals surface area contributed by atoms with Crippen molar-refractivity contribution in [3.63, 3.8) is 0 Å². The van der Waals surface area contributed by atoms with E-state index >= 15 is 0 Å². The molecule has 0 aliphatic rings. The summed E-state index contributed by atoms with van der Waals surface area (Å²) in [5.74, 6) is 0. The van der Waals surface area contributed by atoms with E-state index in [0.29, 0.717) is 0 Å². The highest BCUT2D eigenvalue weighted by molar-refractivity contribution is 7.15. The molecule has 1 aromatic rings. The second kappa shape index (κ2) is 2.86. The van der Waals surface area contributed by atoms with Crippen LogP contribution < -0.4 is 0 Å². The van der Waals surface area contributed by atoms with Crippen LogP contribution in [0.1, 0.15) is 25.6 Å². The van der Waals surface area contributed by atoms with Crippen molar-refractivity contribution in [3.8, 4) is 0 Å². The molecule has 0 unspecified atom stereocenters. The minimum Gasteiger partial charge on any atom is -0.258 e. The van der Waals surface area contributed by atoms with Gasteiger partial charge in [0.05, 0.1) is 4.92 Å². The van der Waals surface area contributed by atoms with Gasteiger partial charge in [0.1, 0.15) is 0 Å². The third-order valence-corrected chi connectivity index (χ3v) is 2.97. The first-order valence-corrected chi connectivity index (χ1v) is 4.47. The van der Waals surface area contributed by atoms with Crippen LogP contribution >= 0.6 is 11.3 Å². The van der Waals surface area contributed by atoms with Gasteiger partial charge in [-0.2, -0.15) is 0 Å². The fourth-order valence-electron chi connectivity index (χ4n) is 0.829. The molecule has 12 heavy (non-hydrogen) atoms. The molecule has 0 radical (unpaired) electrons. The first kappa shape index (κ1) is 9.19. The lowest BCUT2D eigenvalue weighted by Gasteiger charge is -2.14. The molecule has 66 valence electrons. The third kappa shape index (κ3) is 1.82. The largest absolute Gasteiger partial charge is 0.324 e. The summed E-state index contributed by atoms with van der Waals surface area (Å²) in [7, 11) is 0. The van der Waals surface area contributed by atoms with Crippen LogP contribution in [-0.4, -0.2) is 4.92 Å². The van der Waals surface area contributed by atoms with Crippen molar-refractivity contribution in [1.82, 2.24) is 0 Å². The van der Waals surface area contributed by atoms with Crippen LogP contribution in [-0.2, 0) is 5.41 Å². The molecule has 0 bridgehead atoms. The maximum absolute atomic E-state index is 10.4. The monoisotopic (exact) mass is 185 g/mol. The molecule has 0 aliphatic carbocycles. The lowest BCUT2D eigenvalue weighted by atomic mass is 9.95. The molecule has 0 N–H and O–H groups in total. The summed E-state index contributed by atoms with van der Waals surface area (Å²) in [6.07, 6.45) is 0. The average molecular weight is 185 g/mol. The molecular weight excluding hydrogens is 174 g/mol. The van der Waals surface area contributed by atoms with E-state index in [0.717, 1.165) is 4.88 Å². The smallest absolute Gasteiger partial charge is 0.258 e. The van der Waals surface area contributed by atoms with Crippen molar-refractivity contribution < 1.29 is 4.92 Å². The molecule has 1 aromatic heterocycles. The maximum Gasteiger partial charge on any atom is 0.324 e. The zero-order valence-corrected chi connectivity index (χ0v) is 8.14. The molecule has 1 rings (SSSR count). The zero-order valence-electron chi connectivity index (χ0n) is 7.33. The van der Waals surface area contributed by atoms with Crippen molar-refractivity contribution in [2.45, 2.75) is 26.2 Å². The molecule has 0 atom stereocenters. The van der Waals surface area contributed by atoms with Gasteiger partial charge < -0.3 is 0 Å². The molecule has 4 heteroatoms. The van der Waals surface area contributed by atoms with Crippen LogP contribution in [0.15, 0.2) is 12.1 Å². The van der Waals surface area contributed by atoms with E-state index in [-0.39, 0.29) is 15.3 Å². The Balaban J connectivity index is 3.00. The van der Waals surface area contributed by atoms with Crippen LogP contribution in [0, 0.1) is 10.1 Å². The summed E-state index contributed by atoms with van der Waals surface area (Å²) < 4.78 is 0. The molecule has 0 fully saturated rings. The number of hydrogen-bond donors (Lipinski definition) is 0. The molecule has 0 aliphatic heterocycles. The van der Waals surface area contributed by atoms with E-state index in [9.17, 15) is 10.1 Å². The van der Waals surface area contributed by atoms with Gasteiger partial charge in [-0.25, -0.2) is 0 Å². The summed E-state index contributed by atoms with van der Waals surface area (Å²) in [4.78, 5) is 11.1. The normalized spacial score (nSPS) is 11.6. The third-order valence-electron chi connectivity index (χ3n) is 1.51. The highest BCUT2D eigenvalue weighted by Gasteiger charge is 2.19. The van der Waals surface area contributed by atoms with Gasteiger partial charge in [0.15, 0.2) is 0 Å². The topological polar surface area (TPSA) is 43.1 Å². The first-order valence-electron chi connectivity index (χ1n) is 3.66. The lowest BCUT2D eigenvalue weighted by molar-refractivity contribution is -0.380. The number of nitrogens with zero attached hydrogens (tertiary/aromatic N) is 1. The Hall–Kier alpha value is -0.900. The van der Waals surface area contributed by atoms with Gasteiger partial charge in [0.25, 0.3) is 0 Å². The molecule has 0 saturated heterocycles. The van der Waals surface area contributed by atoms with Crippen LogP contribution in [0.5, 0.6) is 0 Å². The van der Waals surface area contributed by atoms with Gasteiger partial charge in [-0.05, 0) is 11.5 Å². The molecule has 0 saturated carbocycles. The summed E-state index contributed by atoms with van der Waals surface area (Å²) >= 11 is 1.25. The molecular formula is C8H11NO2S. The SMILES string of the molecule is CC(C)(C)c1ccc([N+](=O)[O-])s1. The van der Waals surface area contributed by atoms with E-state index in [2.05, 4.69) is 0 Å².